The molecule has 0 aliphatic heterocycles. The van der Waals surface area contributed by atoms with Gasteiger partial charge in [0.05, 0.1) is 19.7 Å². The van der Waals surface area contributed by atoms with Crippen molar-refractivity contribution in [3.63, 3.8) is 0 Å². The number of rotatable bonds is 10. The number of carbonyl (C=O) groups is 1. The summed E-state index contributed by atoms with van der Waals surface area (Å²) in [6.07, 6.45) is 1.36. The molecule has 1 aromatic carbocycles. The summed E-state index contributed by atoms with van der Waals surface area (Å²) in [7, 11) is -1.02. The molecule has 1 heterocycles. The first-order valence-electron chi connectivity index (χ1n) is 7.84. The number of aromatic nitrogens is 2. The van der Waals surface area contributed by atoms with Gasteiger partial charge in [-0.15, -0.1) is 11.8 Å². The lowest BCUT2D eigenvalue weighted by Crippen LogP contribution is -2.31. The van der Waals surface area contributed by atoms with Crippen LogP contribution in [0.2, 0.25) is 0 Å². The Morgan fingerprint density at radius 2 is 1.89 bits per heavy atom. The van der Waals surface area contributed by atoms with Crippen molar-refractivity contribution in [3.05, 3.63) is 18.5 Å². The number of ether oxygens (including phenoxy) is 2. The summed E-state index contributed by atoms with van der Waals surface area (Å²) in [6.45, 7) is 0.131. The topological polar surface area (TPSA) is 143 Å². The van der Waals surface area contributed by atoms with Crippen LogP contribution in [0.1, 0.15) is 12.8 Å². The number of hydrogen-bond donors (Lipinski definition) is 2. The summed E-state index contributed by atoms with van der Waals surface area (Å²) in [5.41, 5.74) is 5.40. The molecule has 2 rings (SSSR count). The van der Waals surface area contributed by atoms with E-state index in [9.17, 15) is 13.2 Å². The Morgan fingerprint density at radius 1 is 1.19 bits per heavy atom. The zero-order valence-corrected chi connectivity index (χ0v) is 16.4. The summed E-state index contributed by atoms with van der Waals surface area (Å²) < 4.78 is 39.2. The molecule has 0 atom stereocenters. The zero-order chi connectivity index (χ0) is 19.9. The van der Waals surface area contributed by atoms with Crippen LogP contribution in [0.15, 0.2) is 23.5 Å². The van der Waals surface area contributed by atoms with E-state index in [2.05, 4.69) is 24.6 Å². The molecule has 0 saturated heterocycles. The largest absolute Gasteiger partial charge is 0.493 e. The third kappa shape index (κ3) is 6.12. The first-order chi connectivity index (χ1) is 12.9. The normalized spacial score (nSPS) is 11.3. The number of fused-ring (bicyclic) bond motifs is 1. The maximum atomic E-state index is 11.3. The van der Waals surface area contributed by atoms with E-state index in [-0.39, 0.29) is 6.54 Å². The third-order valence-corrected chi connectivity index (χ3v) is 5.42. The molecule has 0 spiro atoms. The Kier molecular flexibility index (Phi) is 7.45. The van der Waals surface area contributed by atoms with Crippen molar-refractivity contribution < 1.29 is 26.9 Å². The molecule has 0 aliphatic rings. The van der Waals surface area contributed by atoms with Gasteiger partial charge in [0.2, 0.25) is 0 Å². The van der Waals surface area contributed by atoms with E-state index in [1.807, 2.05) is 6.07 Å². The summed E-state index contributed by atoms with van der Waals surface area (Å²) in [6, 6.07) is 3.61. The summed E-state index contributed by atoms with van der Waals surface area (Å²) in [4.78, 5) is 19.0. The molecular weight excluding hydrogens is 396 g/mol. The van der Waals surface area contributed by atoms with Gasteiger partial charge in [0.25, 0.3) is 0 Å². The van der Waals surface area contributed by atoms with Gasteiger partial charge in [-0.3, -0.25) is 0 Å². The molecule has 3 N–H and O–H groups in total. The molecule has 0 bridgehead atoms. The second-order valence-electron chi connectivity index (χ2n) is 5.21. The van der Waals surface area contributed by atoms with E-state index in [1.54, 1.807) is 20.3 Å². The monoisotopic (exact) mass is 416 g/mol. The smallest absolute Gasteiger partial charge is 0.421 e. The van der Waals surface area contributed by atoms with Gasteiger partial charge in [-0.25, -0.2) is 14.8 Å². The molecule has 1 amide bonds. The number of benzene rings is 1. The lowest BCUT2D eigenvalue weighted by Gasteiger charge is -2.10. The fourth-order valence-electron chi connectivity index (χ4n) is 2.21. The van der Waals surface area contributed by atoms with E-state index in [0.29, 0.717) is 30.1 Å². The van der Waals surface area contributed by atoms with Crippen molar-refractivity contribution >= 4 is 39.1 Å². The van der Waals surface area contributed by atoms with E-state index >= 15 is 0 Å². The number of methoxy groups -OCH3 is 2. The van der Waals surface area contributed by atoms with Crippen LogP contribution in [0.5, 0.6) is 11.5 Å². The quantitative estimate of drug-likeness (QED) is 0.334. The van der Waals surface area contributed by atoms with E-state index in [4.69, 9.17) is 9.47 Å². The van der Waals surface area contributed by atoms with Gasteiger partial charge in [-0.2, -0.15) is 13.1 Å². The van der Waals surface area contributed by atoms with Crippen LogP contribution in [0, 0.1) is 0 Å². The first kappa shape index (κ1) is 21.0. The summed E-state index contributed by atoms with van der Waals surface area (Å²) in [5, 5.41) is 1.63. The molecule has 0 saturated carbocycles. The van der Waals surface area contributed by atoms with E-state index in [1.165, 1.54) is 18.1 Å². The molecule has 27 heavy (non-hydrogen) atoms. The molecule has 10 nitrogen and oxygen atoms in total. The molecule has 0 aliphatic carbocycles. The second-order valence-corrected chi connectivity index (χ2v) is 7.66. The van der Waals surface area contributed by atoms with Crippen LogP contribution >= 0.6 is 11.8 Å². The number of thioether (sulfide) groups is 1. The van der Waals surface area contributed by atoms with Crippen LogP contribution in [0.4, 0.5) is 4.79 Å². The van der Waals surface area contributed by atoms with Crippen LogP contribution in [-0.2, 0) is 14.5 Å². The molecule has 2 aromatic rings. The average molecular weight is 416 g/mol. The molecular formula is C15H20N4O6S2. The predicted octanol–water partition coefficient (Wildman–Crippen LogP) is 1.45. The molecule has 0 radical (unpaired) electrons. The molecule has 0 unspecified atom stereocenters. The second kappa shape index (κ2) is 9.58. The molecule has 148 valence electrons. The minimum absolute atomic E-state index is 0.131. The summed E-state index contributed by atoms with van der Waals surface area (Å²) >= 11 is 1.52. The highest BCUT2D eigenvalue weighted by Gasteiger charge is 2.13. The minimum atomic E-state index is -4.14. The van der Waals surface area contributed by atoms with E-state index in [0.717, 1.165) is 15.9 Å². The summed E-state index contributed by atoms with van der Waals surface area (Å²) in [5.74, 6) is 1.88. The van der Waals surface area contributed by atoms with Crippen LogP contribution in [0.25, 0.3) is 10.9 Å². The Bertz CT molecular complexity index is 907. The van der Waals surface area contributed by atoms with Crippen molar-refractivity contribution in [2.45, 2.75) is 17.9 Å². The third-order valence-electron chi connectivity index (χ3n) is 3.38. The number of nitrogens with one attached hydrogen (secondary N) is 1. The Morgan fingerprint density at radius 3 is 2.56 bits per heavy atom. The number of nitrogens with zero attached hydrogens (tertiary/aromatic N) is 2. The Balaban J connectivity index is 1.91. The fourth-order valence-corrected chi connectivity index (χ4v) is 3.86. The maximum Gasteiger partial charge on any atom is 0.421 e. The van der Waals surface area contributed by atoms with Crippen molar-refractivity contribution in [1.29, 1.82) is 0 Å². The van der Waals surface area contributed by atoms with Gasteiger partial charge in [-0.1, -0.05) is 0 Å². The van der Waals surface area contributed by atoms with Crippen molar-refractivity contribution in [2.24, 2.45) is 5.73 Å². The van der Waals surface area contributed by atoms with Gasteiger partial charge in [0.1, 0.15) is 11.4 Å². The van der Waals surface area contributed by atoms with Crippen LogP contribution in [-0.4, -0.2) is 51.0 Å². The lowest BCUT2D eigenvalue weighted by molar-refractivity contribution is 0.212. The zero-order valence-electron chi connectivity index (χ0n) is 14.8. The van der Waals surface area contributed by atoms with Gasteiger partial charge in [0, 0.05) is 18.0 Å². The number of unbranched alkanes of at least 4 members (excludes halogenated alkanes) is 1. The van der Waals surface area contributed by atoms with E-state index < -0.39 is 16.4 Å². The number of nitrogens with two attached hydrogens (primary N) is 1. The Hall–Kier alpha value is -2.31. The maximum absolute atomic E-state index is 11.3. The highest BCUT2D eigenvalue weighted by molar-refractivity contribution is 7.99. The number of carbonyl (C=O) groups excluding carboxylic acids is 1. The van der Waals surface area contributed by atoms with Crippen molar-refractivity contribution in [3.8, 4) is 11.5 Å². The molecule has 0 fully saturated rings. The standard InChI is InChI=1S/C15H20N4O6S2/c1-23-12-7-10-11(8-13(12)24-2)17-9-18-14(10)26-6-4-3-5-19-27(21,22)25-15(16)20/h7-9,19H,3-6H2,1-2H3,(H2,16,20). The van der Waals surface area contributed by atoms with Gasteiger partial charge in [0.15, 0.2) is 11.5 Å². The van der Waals surface area contributed by atoms with Crippen LogP contribution < -0.4 is 19.9 Å². The van der Waals surface area contributed by atoms with Crippen molar-refractivity contribution in [1.82, 2.24) is 14.7 Å². The van der Waals surface area contributed by atoms with Gasteiger partial charge >= 0.3 is 16.4 Å². The lowest BCUT2D eigenvalue weighted by atomic mass is 10.2. The predicted molar refractivity (Wildman–Crippen MR) is 100 cm³/mol. The number of primary amides is 1. The van der Waals surface area contributed by atoms with Crippen LogP contribution in [0.3, 0.4) is 0 Å². The SMILES string of the molecule is COc1cc2ncnc(SCCCCNS(=O)(=O)OC(N)=O)c2cc1OC. The number of hydrogen-bond acceptors (Lipinski definition) is 9. The minimum Gasteiger partial charge on any atom is -0.493 e. The van der Waals surface area contributed by atoms with Gasteiger partial charge in [-0.05, 0) is 24.7 Å². The fraction of sp³-hybridized carbons (Fsp3) is 0.400. The molecule has 12 heteroatoms. The first-order valence-corrected chi connectivity index (χ1v) is 10.2. The van der Waals surface area contributed by atoms with Gasteiger partial charge < -0.3 is 19.4 Å². The average Bonchev–Trinajstić information content (AvgIpc) is 2.62. The highest BCUT2D eigenvalue weighted by atomic mass is 32.2. The highest BCUT2D eigenvalue weighted by Crippen LogP contribution is 2.34. The van der Waals surface area contributed by atoms with Crippen molar-refractivity contribution in [2.75, 3.05) is 26.5 Å². The number of amides is 1. The molecule has 1 aromatic heterocycles. The Labute approximate surface area is 161 Å².